The molecule has 2 aromatic heterocycles. The average Bonchev–Trinajstić information content (AvgIpc) is 3.27. The number of furan rings is 1. The molecule has 1 aliphatic rings. The van der Waals surface area contributed by atoms with Crippen molar-refractivity contribution < 1.29 is 23.5 Å². The van der Waals surface area contributed by atoms with Gasteiger partial charge in [-0.3, -0.25) is 9.48 Å². The highest BCUT2D eigenvalue weighted by molar-refractivity contribution is 5.89. The molecule has 3 aromatic rings. The Morgan fingerprint density at radius 3 is 2.67 bits per heavy atom. The molecule has 8 nitrogen and oxygen atoms in total. The van der Waals surface area contributed by atoms with Gasteiger partial charge in [0.1, 0.15) is 11.5 Å². The van der Waals surface area contributed by atoms with Crippen molar-refractivity contribution >= 4 is 11.9 Å². The van der Waals surface area contributed by atoms with Gasteiger partial charge in [0.15, 0.2) is 6.61 Å². The second-order valence-corrected chi connectivity index (χ2v) is 7.15. The maximum absolute atomic E-state index is 12.7. The average molecular weight is 409 g/mol. The third-order valence-corrected chi connectivity index (χ3v) is 4.89. The number of hydrogen-bond acceptors (Lipinski definition) is 6. The molecule has 0 N–H and O–H groups in total. The molecule has 30 heavy (non-hydrogen) atoms. The number of carbonyl (C=O) groups is 2. The zero-order chi connectivity index (χ0) is 20.9. The Morgan fingerprint density at radius 1 is 1.20 bits per heavy atom. The number of carbonyl (C=O) groups excluding carboxylic acids is 2. The monoisotopic (exact) mass is 409 g/mol. The van der Waals surface area contributed by atoms with E-state index in [-0.39, 0.29) is 24.3 Å². The lowest BCUT2D eigenvalue weighted by atomic mass is 10.2. The second-order valence-electron chi connectivity index (χ2n) is 7.15. The van der Waals surface area contributed by atoms with E-state index < -0.39 is 5.97 Å². The molecule has 2 heterocycles. The normalized spacial score (nSPS) is 13.1. The summed E-state index contributed by atoms with van der Waals surface area (Å²) in [6.45, 7) is 0.566. The van der Waals surface area contributed by atoms with Crippen molar-refractivity contribution in [1.82, 2.24) is 14.7 Å². The molecular formula is C22H23N3O5. The van der Waals surface area contributed by atoms with Crippen molar-refractivity contribution in [3.8, 4) is 5.75 Å². The SMILES string of the molecule is COc1ccc(CN(C(=O)COC(=O)c2ccc(Cn3cccn3)o2)C2CC2)cc1. The van der Waals surface area contributed by atoms with E-state index in [1.807, 2.05) is 24.3 Å². The predicted molar refractivity (Wildman–Crippen MR) is 107 cm³/mol. The number of amides is 1. The number of rotatable bonds is 9. The molecule has 8 heteroatoms. The van der Waals surface area contributed by atoms with E-state index >= 15 is 0 Å². The summed E-state index contributed by atoms with van der Waals surface area (Å²) in [5.74, 6) is 0.539. The molecule has 0 radical (unpaired) electrons. The standard InChI is InChI=1S/C22H23N3O5/c1-28-18-7-3-16(4-8-18)13-25(17-5-6-17)21(26)15-29-22(27)20-10-9-19(30-20)14-24-12-2-11-23-24/h2-4,7-12,17H,5-6,13-15H2,1H3. The van der Waals surface area contributed by atoms with Crippen LogP contribution in [0.2, 0.25) is 0 Å². The first-order valence-electron chi connectivity index (χ1n) is 9.78. The van der Waals surface area contributed by atoms with E-state index in [0.29, 0.717) is 18.8 Å². The van der Waals surface area contributed by atoms with Crippen LogP contribution in [0.1, 0.15) is 34.7 Å². The summed E-state index contributed by atoms with van der Waals surface area (Å²) in [5, 5.41) is 4.09. The van der Waals surface area contributed by atoms with Crippen LogP contribution in [-0.2, 0) is 22.6 Å². The van der Waals surface area contributed by atoms with Crippen LogP contribution in [0.25, 0.3) is 0 Å². The fourth-order valence-electron chi connectivity index (χ4n) is 3.14. The van der Waals surface area contributed by atoms with E-state index in [9.17, 15) is 9.59 Å². The first kappa shape index (κ1) is 19.8. The highest BCUT2D eigenvalue weighted by atomic mass is 16.5. The third-order valence-electron chi connectivity index (χ3n) is 4.89. The number of nitrogens with zero attached hydrogens (tertiary/aromatic N) is 3. The zero-order valence-electron chi connectivity index (χ0n) is 16.7. The summed E-state index contributed by atoms with van der Waals surface area (Å²) in [4.78, 5) is 26.7. The number of aromatic nitrogens is 2. The van der Waals surface area contributed by atoms with Crippen LogP contribution in [0.3, 0.4) is 0 Å². The zero-order valence-corrected chi connectivity index (χ0v) is 16.7. The molecule has 0 bridgehead atoms. The Hall–Kier alpha value is -3.55. The van der Waals surface area contributed by atoms with Crippen LogP contribution in [0.15, 0.2) is 59.3 Å². The van der Waals surface area contributed by atoms with Gasteiger partial charge in [-0.05, 0) is 48.7 Å². The molecule has 0 spiro atoms. The highest BCUT2D eigenvalue weighted by Gasteiger charge is 2.33. The van der Waals surface area contributed by atoms with Gasteiger partial charge < -0.3 is 18.8 Å². The van der Waals surface area contributed by atoms with E-state index in [0.717, 1.165) is 24.2 Å². The van der Waals surface area contributed by atoms with Crippen LogP contribution in [0, 0.1) is 0 Å². The fourth-order valence-corrected chi connectivity index (χ4v) is 3.14. The van der Waals surface area contributed by atoms with E-state index in [1.165, 1.54) is 0 Å². The van der Waals surface area contributed by atoms with Gasteiger partial charge in [-0.15, -0.1) is 0 Å². The molecule has 0 unspecified atom stereocenters. The van der Waals surface area contributed by atoms with Crippen LogP contribution in [0.5, 0.6) is 5.75 Å². The minimum atomic E-state index is -0.657. The summed E-state index contributed by atoms with van der Waals surface area (Å²) in [7, 11) is 1.61. The summed E-state index contributed by atoms with van der Waals surface area (Å²) >= 11 is 0. The van der Waals surface area contributed by atoms with Crippen LogP contribution in [-0.4, -0.2) is 46.3 Å². The lowest BCUT2D eigenvalue weighted by Gasteiger charge is -2.22. The van der Waals surface area contributed by atoms with E-state index in [1.54, 1.807) is 47.3 Å². The molecule has 1 aliphatic carbocycles. The van der Waals surface area contributed by atoms with Crippen molar-refractivity contribution in [2.45, 2.75) is 32.0 Å². The lowest BCUT2D eigenvalue weighted by molar-refractivity contribution is -0.135. The van der Waals surface area contributed by atoms with Gasteiger partial charge in [-0.25, -0.2) is 4.79 Å². The Kier molecular flexibility index (Phi) is 5.83. The lowest BCUT2D eigenvalue weighted by Crippen LogP contribution is -2.36. The minimum Gasteiger partial charge on any atom is -0.497 e. The summed E-state index contributed by atoms with van der Waals surface area (Å²) in [6.07, 6.45) is 5.39. The quantitative estimate of drug-likeness (QED) is 0.505. The summed E-state index contributed by atoms with van der Waals surface area (Å²) in [6, 6.07) is 12.8. The molecule has 0 atom stereocenters. The molecule has 156 valence electrons. The Bertz CT molecular complexity index is 990. The predicted octanol–water partition coefficient (Wildman–Crippen LogP) is 2.88. The fraction of sp³-hybridized carbons (Fsp3) is 0.318. The van der Waals surface area contributed by atoms with E-state index in [4.69, 9.17) is 13.9 Å². The van der Waals surface area contributed by atoms with Crippen molar-refractivity contribution in [2.24, 2.45) is 0 Å². The van der Waals surface area contributed by atoms with Gasteiger partial charge in [0, 0.05) is 25.0 Å². The first-order chi connectivity index (χ1) is 14.6. The van der Waals surface area contributed by atoms with Crippen molar-refractivity contribution in [3.63, 3.8) is 0 Å². The third kappa shape index (κ3) is 4.89. The maximum atomic E-state index is 12.7. The molecule has 4 rings (SSSR count). The smallest absolute Gasteiger partial charge is 0.374 e. The molecule has 0 saturated heterocycles. The number of ether oxygens (including phenoxy) is 2. The summed E-state index contributed by atoms with van der Waals surface area (Å²) in [5.41, 5.74) is 0.997. The van der Waals surface area contributed by atoms with Gasteiger partial charge in [0.2, 0.25) is 5.76 Å². The molecule has 1 aromatic carbocycles. The molecule has 1 fully saturated rings. The number of esters is 1. The number of benzene rings is 1. The first-order valence-corrected chi connectivity index (χ1v) is 9.78. The highest BCUT2D eigenvalue weighted by Crippen LogP contribution is 2.29. The van der Waals surface area contributed by atoms with Crippen LogP contribution in [0.4, 0.5) is 0 Å². The van der Waals surface area contributed by atoms with Crippen LogP contribution >= 0.6 is 0 Å². The van der Waals surface area contributed by atoms with Gasteiger partial charge in [0.05, 0.1) is 13.7 Å². The molecule has 0 aliphatic heterocycles. The van der Waals surface area contributed by atoms with Gasteiger partial charge in [0.25, 0.3) is 5.91 Å². The van der Waals surface area contributed by atoms with Gasteiger partial charge in [-0.2, -0.15) is 5.10 Å². The largest absolute Gasteiger partial charge is 0.497 e. The number of methoxy groups -OCH3 is 1. The Labute approximate surface area is 174 Å². The molecule has 1 amide bonds. The van der Waals surface area contributed by atoms with Crippen molar-refractivity contribution in [2.75, 3.05) is 13.7 Å². The van der Waals surface area contributed by atoms with E-state index in [2.05, 4.69) is 5.10 Å². The van der Waals surface area contributed by atoms with Crippen LogP contribution < -0.4 is 4.74 Å². The maximum Gasteiger partial charge on any atom is 0.374 e. The molecule has 1 saturated carbocycles. The van der Waals surface area contributed by atoms with Gasteiger partial charge >= 0.3 is 5.97 Å². The minimum absolute atomic E-state index is 0.0677. The van der Waals surface area contributed by atoms with Crippen molar-refractivity contribution in [3.05, 3.63) is 71.9 Å². The Morgan fingerprint density at radius 2 is 2.00 bits per heavy atom. The topological polar surface area (TPSA) is 86.8 Å². The Balaban J connectivity index is 1.31. The number of hydrogen-bond donors (Lipinski definition) is 0. The molecular weight excluding hydrogens is 386 g/mol. The van der Waals surface area contributed by atoms with Gasteiger partial charge in [-0.1, -0.05) is 12.1 Å². The second kappa shape index (κ2) is 8.86. The van der Waals surface area contributed by atoms with Crippen molar-refractivity contribution in [1.29, 1.82) is 0 Å². The summed E-state index contributed by atoms with van der Waals surface area (Å²) < 4.78 is 17.6.